The Morgan fingerprint density at radius 3 is 1.21 bits per heavy atom. The number of urea groups is 2. The molecule has 3 saturated heterocycles. The Labute approximate surface area is 79.2 Å². The zero-order chi connectivity index (χ0) is 9.71. The monoisotopic (exact) mass is 198 g/mol. The summed E-state index contributed by atoms with van der Waals surface area (Å²) in [6.07, 6.45) is -0.763. The Bertz CT molecular complexity index is 253. The molecule has 0 saturated carbocycles. The molecule has 6 N–H and O–H groups in total. The first-order valence-corrected chi connectivity index (χ1v) is 4.38. The fourth-order valence-electron chi connectivity index (χ4n) is 1.92. The normalized spacial score (nSPS) is 44.3. The molecule has 14 heavy (non-hydrogen) atoms. The lowest BCUT2D eigenvalue weighted by Crippen LogP contribution is -2.71. The molecule has 0 unspecified atom stereocenters. The van der Waals surface area contributed by atoms with E-state index < -0.39 is 0 Å². The van der Waals surface area contributed by atoms with Crippen LogP contribution in [0, 0.1) is 0 Å². The topological polar surface area (TPSA) is 106 Å². The van der Waals surface area contributed by atoms with Crippen LogP contribution < -0.4 is 31.9 Å². The molecule has 3 aliphatic heterocycles. The molecule has 8 nitrogen and oxygen atoms in total. The summed E-state index contributed by atoms with van der Waals surface area (Å²) < 4.78 is 0. The van der Waals surface area contributed by atoms with Crippen molar-refractivity contribution >= 4 is 12.1 Å². The highest BCUT2D eigenvalue weighted by atomic mass is 16.2. The van der Waals surface area contributed by atoms with Gasteiger partial charge in [-0.15, -0.1) is 0 Å². The van der Waals surface area contributed by atoms with Gasteiger partial charge in [-0.3, -0.25) is 10.6 Å². The molecule has 76 valence electrons. The molecule has 4 amide bonds. The number of nitrogens with one attached hydrogen (secondary N) is 6. The Hall–Kier alpha value is -1.54. The van der Waals surface area contributed by atoms with Crippen molar-refractivity contribution in [2.45, 2.75) is 24.7 Å². The summed E-state index contributed by atoms with van der Waals surface area (Å²) in [4.78, 5) is 22.0. The number of rotatable bonds is 0. The van der Waals surface area contributed by atoms with E-state index in [4.69, 9.17) is 0 Å². The van der Waals surface area contributed by atoms with Crippen molar-refractivity contribution < 1.29 is 9.59 Å². The van der Waals surface area contributed by atoms with Gasteiger partial charge < -0.3 is 21.3 Å². The van der Waals surface area contributed by atoms with Crippen LogP contribution in [-0.2, 0) is 0 Å². The molecule has 8 heteroatoms. The van der Waals surface area contributed by atoms with Crippen LogP contribution in [0.4, 0.5) is 9.59 Å². The van der Waals surface area contributed by atoms with Crippen LogP contribution in [0.15, 0.2) is 0 Å². The SMILES string of the molecule is O=C1N[C@@H]2N[C@@H]3NC(=O)N[C@H]3N[C@H]2N1. The van der Waals surface area contributed by atoms with E-state index in [1.807, 2.05) is 0 Å². The van der Waals surface area contributed by atoms with Crippen molar-refractivity contribution in [3.05, 3.63) is 0 Å². The molecule has 4 atom stereocenters. The van der Waals surface area contributed by atoms with Gasteiger partial charge in [0.05, 0.1) is 0 Å². The van der Waals surface area contributed by atoms with Crippen molar-refractivity contribution in [3.63, 3.8) is 0 Å². The number of amides is 4. The number of carbonyl (C=O) groups is 2. The van der Waals surface area contributed by atoms with E-state index in [2.05, 4.69) is 31.9 Å². The number of hydrogen-bond donors (Lipinski definition) is 6. The lowest BCUT2D eigenvalue weighted by molar-refractivity contribution is 0.207. The van der Waals surface area contributed by atoms with Gasteiger partial charge in [0.15, 0.2) is 0 Å². The molecule has 0 spiro atoms. The predicted octanol–water partition coefficient (Wildman–Crippen LogP) is -2.89. The molecule has 3 heterocycles. The molecule has 0 aromatic carbocycles. The Kier molecular flexibility index (Phi) is 1.39. The van der Waals surface area contributed by atoms with E-state index in [0.29, 0.717) is 0 Å². The van der Waals surface area contributed by atoms with Crippen molar-refractivity contribution in [1.82, 2.24) is 31.9 Å². The highest BCUT2D eigenvalue weighted by Crippen LogP contribution is 2.08. The molecule has 0 aliphatic carbocycles. The summed E-state index contributed by atoms with van der Waals surface area (Å²) >= 11 is 0. The van der Waals surface area contributed by atoms with E-state index >= 15 is 0 Å². The van der Waals surface area contributed by atoms with Crippen LogP contribution in [0.3, 0.4) is 0 Å². The van der Waals surface area contributed by atoms with Gasteiger partial charge in [-0.05, 0) is 0 Å². The zero-order valence-electron chi connectivity index (χ0n) is 7.13. The molecule has 3 rings (SSSR count). The van der Waals surface area contributed by atoms with E-state index in [-0.39, 0.29) is 36.7 Å². The summed E-state index contributed by atoms with van der Waals surface area (Å²) in [5.74, 6) is 0. The van der Waals surface area contributed by atoms with E-state index in [9.17, 15) is 9.59 Å². The number of piperazine rings is 1. The fraction of sp³-hybridized carbons (Fsp3) is 0.667. The maximum absolute atomic E-state index is 11.0. The summed E-state index contributed by atoms with van der Waals surface area (Å²) in [5.41, 5.74) is 0. The zero-order valence-corrected chi connectivity index (χ0v) is 7.13. The van der Waals surface area contributed by atoms with Gasteiger partial charge >= 0.3 is 12.1 Å². The van der Waals surface area contributed by atoms with Crippen LogP contribution in [-0.4, -0.2) is 36.7 Å². The van der Waals surface area contributed by atoms with Gasteiger partial charge in [-0.1, -0.05) is 0 Å². The minimum absolute atomic E-state index is 0.191. The summed E-state index contributed by atoms with van der Waals surface area (Å²) in [5, 5.41) is 16.9. The number of fused-ring (bicyclic) bond motifs is 2. The minimum Gasteiger partial charge on any atom is -0.319 e. The first kappa shape index (κ1) is 7.83. The van der Waals surface area contributed by atoms with Crippen molar-refractivity contribution in [3.8, 4) is 0 Å². The van der Waals surface area contributed by atoms with Crippen molar-refractivity contribution in [2.24, 2.45) is 0 Å². The highest BCUT2D eigenvalue weighted by molar-refractivity contribution is 5.79. The largest absolute Gasteiger partial charge is 0.319 e. The molecule has 3 fully saturated rings. The van der Waals surface area contributed by atoms with E-state index in [1.54, 1.807) is 0 Å². The number of hydrogen-bond acceptors (Lipinski definition) is 4. The third-order valence-electron chi connectivity index (χ3n) is 2.53. The van der Waals surface area contributed by atoms with Gasteiger partial charge in [0.25, 0.3) is 0 Å². The van der Waals surface area contributed by atoms with E-state index in [0.717, 1.165) is 0 Å². The van der Waals surface area contributed by atoms with Gasteiger partial charge in [0, 0.05) is 0 Å². The van der Waals surface area contributed by atoms with Crippen LogP contribution >= 0.6 is 0 Å². The lowest BCUT2D eigenvalue weighted by Gasteiger charge is -2.34. The first-order chi connectivity index (χ1) is 6.72. The highest BCUT2D eigenvalue weighted by Gasteiger charge is 2.45. The van der Waals surface area contributed by atoms with Gasteiger partial charge in [-0.25, -0.2) is 9.59 Å². The average molecular weight is 198 g/mol. The summed E-state index contributed by atoms with van der Waals surface area (Å²) in [7, 11) is 0. The fourth-order valence-corrected chi connectivity index (χ4v) is 1.92. The van der Waals surface area contributed by atoms with Crippen LogP contribution in [0.1, 0.15) is 0 Å². The molecule has 0 bridgehead atoms. The summed E-state index contributed by atoms with van der Waals surface area (Å²) in [6, 6.07) is -0.433. The Balaban J connectivity index is 1.77. The maximum atomic E-state index is 11.0. The van der Waals surface area contributed by atoms with Gasteiger partial charge in [-0.2, -0.15) is 0 Å². The molecular formula is C6H10N6O2. The van der Waals surface area contributed by atoms with Gasteiger partial charge in [0.1, 0.15) is 24.7 Å². The molecule has 0 radical (unpaired) electrons. The summed E-state index contributed by atoms with van der Waals surface area (Å²) in [6.45, 7) is 0. The third-order valence-corrected chi connectivity index (χ3v) is 2.53. The minimum atomic E-state index is -0.216. The van der Waals surface area contributed by atoms with E-state index in [1.165, 1.54) is 0 Å². The molecule has 0 aromatic heterocycles. The molecular weight excluding hydrogens is 188 g/mol. The Morgan fingerprint density at radius 2 is 0.929 bits per heavy atom. The van der Waals surface area contributed by atoms with Crippen molar-refractivity contribution in [2.75, 3.05) is 0 Å². The molecule has 0 aromatic rings. The predicted molar refractivity (Wildman–Crippen MR) is 44.8 cm³/mol. The van der Waals surface area contributed by atoms with Crippen LogP contribution in [0.25, 0.3) is 0 Å². The quantitative estimate of drug-likeness (QED) is 0.251. The third kappa shape index (κ3) is 1.01. The lowest BCUT2D eigenvalue weighted by atomic mass is 10.2. The second kappa shape index (κ2) is 2.49. The second-order valence-electron chi connectivity index (χ2n) is 3.48. The van der Waals surface area contributed by atoms with Crippen molar-refractivity contribution in [1.29, 1.82) is 0 Å². The van der Waals surface area contributed by atoms with Gasteiger partial charge in [0.2, 0.25) is 0 Å². The van der Waals surface area contributed by atoms with Crippen LogP contribution in [0.5, 0.6) is 0 Å². The average Bonchev–Trinajstić information content (AvgIpc) is 2.59. The number of carbonyl (C=O) groups excluding carboxylic acids is 2. The Morgan fingerprint density at radius 1 is 0.643 bits per heavy atom. The second-order valence-corrected chi connectivity index (χ2v) is 3.48. The smallest absolute Gasteiger partial charge is 0.317 e. The molecule has 3 aliphatic rings. The first-order valence-electron chi connectivity index (χ1n) is 4.38. The standard InChI is InChI=1S/C6H10N6O2/c13-5-9-1-2(10-5)8-4-3(7-1)11-6(14)12-4/h1-4,7-8H,(H2,9,10,13)(H2,11,12,14)/t1-,2-,3+,4+. The van der Waals surface area contributed by atoms with Crippen LogP contribution in [0.2, 0.25) is 0 Å². The maximum Gasteiger partial charge on any atom is 0.317 e.